The zero-order valence-corrected chi connectivity index (χ0v) is 18.6. The molecule has 164 valence electrons. The predicted molar refractivity (Wildman–Crippen MR) is 127 cm³/mol. The molecule has 0 fully saturated rings. The quantitative estimate of drug-likeness (QED) is 0.278. The van der Waals surface area contributed by atoms with E-state index in [9.17, 15) is 0 Å². The second kappa shape index (κ2) is 8.79. The third-order valence-electron chi connectivity index (χ3n) is 5.78. The van der Waals surface area contributed by atoms with E-state index in [1.807, 2.05) is 60.7 Å². The molecule has 0 spiro atoms. The minimum absolute atomic E-state index is 0.0849. The fourth-order valence-corrected chi connectivity index (χ4v) is 3.74. The lowest BCUT2D eigenvalue weighted by molar-refractivity contribution is 0.270. The molecule has 2 aromatic heterocycles. The van der Waals surface area contributed by atoms with Crippen LogP contribution in [0.25, 0.3) is 23.0 Å². The number of furan rings is 1. The van der Waals surface area contributed by atoms with Crippen molar-refractivity contribution in [3.63, 3.8) is 0 Å². The van der Waals surface area contributed by atoms with Gasteiger partial charge in [-0.3, -0.25) is 0 Å². The molecule has 0 aliphatic heterocycles. The van der Waals surface area contributed by atoms with Gasteiger partial charge in [0.2, 0.25) is 5.82 Å². The van der Waals surface area contributed by atoms with Crippen molar-refractivity contribution in [1.82, 2.24) is 10.1 Å². The fraction of sp³-hybridized carbons (Fsp3) is 0.143. The van der Waals surface area contributed by atoms with Crippen LogP contribution in [0.3, 0.4) is 0 Å². The number of ether oxygens (including phenoxy) is 1. The minimum atomic E-state index is -0.0849. The van der Waals surface area contributed by atoms with Gasteiger partial charge in [-0.2, -0.15) is 4.98 Å². The normalized spacial score (nSPS) is 11.5. The number of hydrogen-bond acceptors (Lipinski definition) is 5. The molecule has 0 radical (unpaired) electrons. The van der Waals surface area contributed by atoms with Crippen molar-refractivity contribution in [1.29, 1.82) is 0 Å². The fourth-order valence-electron chi connectivity index (χ4n) is 3.74. The van der Waals surface area contributed by atoms with E-state index in [0.29, 0.717) is 29.8 Å². The van der Waals surface area contributed by atoms with E-state index >= 15 is 0 Å². The molecule has 0 N–H and O–H groups in total. The third kappa shape index (κ3) is 4.44. The van der Waals surface area contributed by atoms with Gasteiger partial charge in [-0.25, -0.2) is 0 Å². The summed E-state index contributed by atoms with van der Waals surface area (Å²) in [6.45, 7) is 4.76. The second-order valence-corrected chi connectivity index (χ2v) is 8.36. The molecule has 0 amide bonds. The number of aromatic nitrogens is 2. The monoisotopic (exact) mass is 436 g/mol. The van der Waals surface area contributed by atoms with Crippen molar-refractivity contribution in [3.05, 3.63) is 114 Å². The Kier molecular flexibility index (Phi) is 5.53. The van der Waals surface area contributed by atoms with Crippen molar-refractivity contribution < 1.29 is 13.7 Å². The molecule has 33 heavy (non-hydrogen) atoms. The van der Waals surface area contributed by atoms with Gasteiger partial charge in [0.1, 0.15) is 18.1 Å². The van der Waals surface area contributed by atoms with E-state index < -0.39 is 0 Å². The first kappa shape index (κ1) is 20.8. The zero-order valence-electron chi connectivity index (χ0n) is 18.6. The van der Waals surface area contributed by atoms with Gasteiger partial charge in [0.15, 0.2) is 5.76 Å². The average molecular weight is 437 g/mol. The van der Waals surface area contributed by atoms with Crippen LogP contribution >= 0.6 is 0 Å². The molecular formula is C28H24N2O3. The van der Waals surface area contributed by atoms with Crippen LogP contribution in [0.5, 0.6) is 5.75 Å². The summed E-state index contributed by atoms with van der Waals surface area (Å²) >= 11 is 0. The average Bonchev–Trinajstić information content (AvgIpc) is 3.54. The van der Waals surface area contributed by atoms with E-state index in [1.165, 1.54) is 11.1 Å². The van der Waals surface area contributed by atoms with Crippen LogP contribution in [0.1, 0.15) is 30.7 Å². The number of benzene rings is 3. The Hall–Kier alpha value is -4.12. The highest BCUT2D eigenvalue weighted by Crippen LogP contribution is 2.32. The smallest absolute Gasteiger partial charge is 0.293 e. The molecule has 0 atom stereocenters. The Labute approximate surface area is 192 Å². The summed E-state index contributed by atoms with van der Waals surface area (Å²) in [7, 11) is 0. The standard InChI is InChI=1S/C28H24N2O3/c1-28(2,21-11-7-4-8-12-21)22-13-15-23(16-14-22)31-19-24-17-18-25(32-24)27-29-26(30-33-27)20-9-5-3-6-10-20/h3-18H,19H2,1-2H3. The van der Waals surface area contributed by atoms with E-state index in [-0.39, 0.29) is 5.41 Å². The van der Waals surface area contributed by atoms with E-state index in [2.05, 4.69) is 60.4 Å². The molecule has 0 saturated heterocycles. The summed E-state index contributed by atoms with van der Waals surface area (Å²) in [4.78, 5) is 4.43. The summed E-state index contributed by atoms with van der Waals surface area (Å²) in [6.07, 6.45) is 0. The SMILES string of the molecule is CC(C)(c1ccccc1)c1ccc(OCc2ccc(-c3nc(-c4ccccc4)no3)o2)cc1. The van der Waals surface area contributed by atoms with Gasteiger partial charge in [0.25, 0.3) is 5.89 Å². The van der Waals surface area contributed by atoms with Crippen LogP contribution in [0.4, 0.5) is 0 Å². The first-order valence-electron chi connectivity index (χ1n) is 10.9. The van der Waals surface area contributed by atoms with Gasteiger partial charge in [0.05, 0.1) is 0 Å². The summed E-state index contributed by atoms with van der Waals surface area (Å²) in [5.74, 6) is 2.84. The first-order chi connectivity index (χ1) is 16.1. The third-order valence-corrected chi connectivity index (χ3v) is 5.78. The molecule has 5 rings (SSSR count). The van der Waals surface area contributed by atoms with Crippen LogP contribution < -0.4 is 4.74 Å². The van der Waals surface area contributed by atoms with Crippen LogP contribution in [0.15, 0.2) is 106 Å². The highest BCUT2D eigenvalue weighted by Gasteiger charge is 2.22. The molecule has 2 heterocycles. The predicted octanol–water partition coefficient (Wildman–Crippen LogP) is 6.90. The van der Waals surface area contributed by atoms with Gasteiger partial charge < -0.3 is 13.7 Å². The lowest BCUT2D eigenvalue weighted by Gasteiger charge is -2.26. The molecule has 5 heteroatoms. The van der Waals surface area contributed by atoms with Crippen molar-refractivity contribution >= 4 is 0 Å². The zero-order chi connectivity index (χ0) is 22.7. The number of nitrogens with zero attached hydrogens (tertiary/aromatic N) is 2. The highest BCUT2D eigenvalue weighted by molar-refractivity contribution is 5.57. The van der Waals surface area contributed by atoms with Gasteiger partial charge in [-0.1, -0.05) is 91.8 Å². The molecule has 5 nitrogen and oxygen atoms in total. The van der Waals surface area contributed by atoms with Gasteiger partial charge >= 0.3 is 0 Å². The van der Waals surface area contributed by atoms with Gasteiger partial charge in [-0.15, -0.1) is 0 Å². The van der Waals surface area contributed by atoms with Crippen molar-refractivity contribution in [3.8, 4) is 28.8 Å². The summed E-state index contributed by atoms with van der Waals surface area (Å²) < 4.78 is 17.2. The Bertz CT molecular complexity index is 1320. The summed E-state index contributed by atoms with van der Waals surface area (Å²) in [6, 6.07) is 32.1. The van der Waals surface area contributed by atoms with Crippen molar-refractivity contribution in [2.75, 3.05) is 0 Å². The van der Waals surface area contributed by atoms with E-state index in [1.54, 1.807) is 0 Å². The largest absolute Gasteiger partial charge is 0.486 e. The Morgan fingerprint density at radius 2 is 1.42 bits per heavy atom. The number of rotatable bonds is 7. The lowest BCUT2D eigenvalue weighted by Crippen LogP contribution is -2.18. The van der Waals surface area contributed by atoms with Crippen molar-refractivity contribution in [2.24, 2.45) is 0 Å². The molecule has 0 bridgehead atoms. The summed E-state index contributed by atoms with van der Waals surface area (Å²) in [5, 5.41) is 4.04. The molecule has 0 saturated carbocycles. The second-order valence-electron chi connectivity index (χ2n) is 8.36. The molecule has 3 aromatic carbocycles. The summed E-state index contributed by atoms with van der Waals surface area (Å²) in [5.41, 5.74) is 3.31. The Balaban J connectivity index is 1.24. The van der Waals surface area contributed by atoms with Crippen molar-refractivity contribution in [2.45, 2.75) is 25.9 Å². The first-order valence-corrected chi connectivity index (χ1v) is 10.9. The molecular weight excluding hydrogens is 412 g/mol. The Morgan fingerprint density at radius 1 is 0.758 bits per heavy atom. The molecule has 0 aliphatic carbocycles. The lowest BCUT2D eigenvalue weighted by atomic mass is 9.78. The maximum absolute atomic E-state index is 5.93. The topological polar surface area (TPSA) is 61.3 Å². The molecule has 0 aliphatic rings. The van der Waals surface area contributed by atoms with Gasteiger partial charge in [0, 0.05) is 11.0 Å². The number of hydrogen-bond donors (Lipinski definition) is 0. The molecule has 5 aromatic rings. The maximum atomic E-state index is 5.93. The van der Waals surface area contributed by atoms with Crippen LogP contribution in [0.2, 0.25) is 0 Å². The van der Waals surface area contributed by atoms with Crippen LogP contribution in [-0.4, -0.2) is 10.1 Å². The highest BCUT2D eigenvalue weighted by atomic mass is 16.5. The maximum Gasteiger partial charge on any atom is 0.293 e. The Morgan fingerprint density at radius 3 is 2.15 bits per heavy atom. The minimum Gasteiger partial charge on any atom is -0.486 e. The van der Waals surface area contributed by atoms with Gasteiger partial charge in [-0.05, 0) is 35.4 Å². The van der Waals surface area contributed by atoms with Crippen LogP contribution in [-0.2, 0) is 12.0 Å². The van der Waals surface area contributed by atoms with E-state index in [0.717, 1.165) is 11.3 Å². The molecule has 0 unspecified atom stereocenters. The van der Waals surface area contributed by atoms with E-state index in [4.69, 9.17) is 13.7 Å². The van der Waals surface area contributed by atoms with Crippen LogP contribution in [0, 0.1) is 0 Å².